The summed E-state index contributed by atoms with van der Waals surface area (Å²) < 4.78 is 38.0. The Morgan fingerprint density at radius 2 is 1.78 bits per heavy atom. The summed E-state index contributed by atoms with van der Waals surface area (Å²) in [5.74, 6) is -1.07. The van der Waals surface area contributed by atoms with Crippen LogP contribution in [-0.4, -0.2) is 35.0 Å². The molecule has 2 unspecified atom stereocenters. The Morgan fingerprint density at radius 1 is 1.09 bits per heavy atom. The van der Waals surface area contributed by atoms with E-state index in [4.69, 9.17) is 0 Å². The highest BCUT2D eigenvalue weighted by molar-refractivity contribution is 8.18. The summed E-state index contributed by atoms with van der Waals surface area (Å²) in [5.41, 5.74) is 0.783. The molecule has 4 rings (SSSR count). The third kappa shape index (κ3) is 4.88. The number of hydrogen-bond donors (Lipinski definition) is 1. The number of thioether (sulfide) groups is 1. The van der Waals surface area contributed by atoms with E-state index in [0.717, 1.165) is 34.4 Å². The third-order valence-electron chi connectivity index (χ3n) is 5.40. The van der Waals surface area contributed by atoms with Crippen molar-refractivity contribution in [2.75, 3.05) is 13.1 Å². The smallest absolute Gasteiger partial charge is 0.354 e. The highest BCUT2D eigenvalue weighted by Crippen LogP contribution is 2.48. The maximum absolute atomic E-state index is 12.7. The monoisotopic (exact) mass is 460 g/mol. The Morgan fingerprint density at radius 3 is 2.44 bits per heavy atom. The summed E-state index contributed by atoms with van der Waals surface area (Å²) in [6.45, 7) is 0.173. The molecular weight excluding hydrogens is 441 g/mol. The van der Waals surface area contributed by atoms with Crippen molar-refractivity contribution in [3.63, 3.8) is 0 Å². The first-order valence-corrected chi connectivity index (χ1v) is 10.8. The molecule has 1 saturated heterocycles. The number of hydrogen-bond acceptors (Lipinski definition) is 4. The zero-order valence-electron chi connectivity index (χ0n) is 16.8. The van der Waals surface area contributed by atoms with Gasteiger partial charge in [-0.3, -0.25) is 19.3 Å². The number of amides is 3. The maximum atomic E-state index is 12.7. The molecule has 2 aliphatic rings. The summed E-state index contributed by atoms with van der Waals surface area (Å²) in [5, 5.41) is 2.33. The summed E-state index contributed by atoms with van der Waals surface area (Å²) >= 11 is 0.860. The zero-order chi connectivity index (χ0) is 22.9. The van der Waals surface area contributed by atoms with Crippen molar-refractivity contribution in [2.45, 2.75) is 18.5 Å². The zero-order valence-corrected chi connectivity index (χ0v) is 17.6. The Bertz CT molecular complexity index is 1070. The molecule has 0 radical (unpaired) electrons. The van der Waals surface area contributed by atoms with E-state index in [1.54, 1.807) is 6.08 Å². The van der Waals surface area contributed by atoms with E-state index in [2.05, 4.69) is 5.32 Å². The van der Waals surface area contributed by atoms with Crippen LogP contribution in [0.25, 0.3) is 6.08 Å². The van der Waals surface area contributed by atoms with E-state index in [1.165, 1.54) is 12.1 Å². The predicted octanol–water partition coefficient (Wildman–Crippen LogP) is 4.66. The molecule has 1 N–H and O–H groups in total. The van der Waals surface area contributed by atoms with Crippen LogP contribution in [0, 0.1) is 5.92 Å². The largest absolute Gasteiger partial charge is 0.416 e. The highest BCUT2D eigenvalue weighted by Gasteiger charge is 2.44. The quantitative estimate of drug-likeness (QED) is 0.637. The fourth-order valence-electron chi connectivity index (χ4n) is 3.59. The second-order valence-electron chi connectivity index (χ2n) is 7.60. The van der Waals surface area contributed by atoms with Gasteiger partial charge in [0.1, 0.15) is 0 Å². The first kappa shape index (κ1) is 22.1. The van der Waals surface area contributed by atoms with Gasteiger partial charge in [-0.05, 0) is 53.4 Å². The van der Waals surface area contributed by atoms with Crippen molar-refractivity contribution >= 4 is 34.9 Å². The summed E-state index contributed by atoms with van der Waals surface area (Å²) in [6.07, 6.45) is -2.18. The lowest BCUT2D eigenvalue weighted by atomic mass is 10.1. The Hall–Kier alpha value is -3.07. The van der Waals surface area contributed by atoms with Gasteiger partial charge in [-0.2, -0.15) is 13.2 Å². The molecule has 1 aliphatic heterocycles. The van der Waals surface area contributed by atoms with Crippen molar-refractivity contribution in [1.82, 2.24) is 10.2 Å². The molecule has 9 heteroatoms. The maximum Gasteiger partial charge on any atom is 0.416 e. The van der Waals surface area contributed by atoms with Gasteiger partial charge in [-0.1, -0.05) is 42.5 Å². The molecule has 5 nitrogen and oxygen atoms in total. The van der Waals surface area contributed by atoms with Crippen LogP contribution >= 0.6 is 11.8 Å². The normalized spacial score (nSPS) is 21.8. The van der Waals surface area contributed by atoms with E-state index in [1.807, 2.05) is 30.3 Å². The standard InChI is InChI=1S/C23H19F3N2O3S/c24-23(25,26)16-8-6-15(7-9-16)17-13-18(17)20(29)27-10-11-28-21(30)19(32-22(28)31)12-14-4-2-1-3-5-14/h1-9,12,17-18H,10-11,13H2,(H,27,29)/b19-12+. The summed E-state index contributed by atoms with van der Waals surface area (Å²) in [4.78, 5) is 38.5. The van der Waals surface area contributed by atoms with E-state index >= 15 is 0 Å². The van der Waals surface area contributed by atoms with Crippen LogP contribution in [0.3, 0.4) is 0 Å². The lowest BCUT2D eigenvalue weighted by Crippen LogP contribution is -2.37. The third-order valence-corrected chi connectivity index (χ3v) is 6.31. The van der Waals surface area contributed by atoms with Crippen LogP contribution in [0.5, 0.6) is 0 Å². The van der Waals surface area contributed by atoms with Crippen molar-refractivity contribution in [1.29, 1.82) is 0 Å². The Kier molecular flexibility index (Phi) is 6.10. The van der Waals surface area contributed by atoms with E-state index in [0.29, 0.717) is 16.9 Å². The van der Waals surface area contributed by atoms with Gasteiger partial charge in [-0.25, -0.2) is 0 Å². The molecule has 1 saturated carbocycles. The minimum atomic E-state index is -4.39. The molecule has 32 heavy (non-hydrogen) atoms. The lowest BCUT2D eigenvalue weighted by Gasteiger charge is -2.13. The van der Waals surface area contributed by atoms with E-state index < -0.39 is 17.6 Å². The molecule has 1 aliphatic carbocycles. The number of carbonyl (C=O) groups is 3. The van der Waals surface area contributed by atoms with Crippen molar-refractivity contribution in [2.24, 2.45) is 5.92 Å². The molecule has 0 spiro atoms. The van der Waals surface area contributed by atoms with Crippen LogP contribution in [0.1, 0.15) is 29.0 Å². The summed E-state index contributed by atoms with van der Waals surface area (Å²) in [6, 6.07) is 14.0. The number of nitrogens with zero attached hydrogens (tertiary/aromatic N) is 1. The van der Waals surface area contributed by atoms with Gasteiger partial charge in [0.05, 0.1) is 10.5 Å². The topological polar surface area (TPSA) is 66.5 Å². The average molecular weight is 460 g/mol. The molecule has 0 bridgehead atoms. The van der Waals surface area contributed by atoms with Crippen LogP contribution < -0.4 is 5.32 Å². The minimum absolute atomic E-state index is 0.0558. The lowest BCUT2D eigenvalue weighted by molar-refractivity contribution is -0.137. The number of benzene rings is 2. The molecule has 2 atom stereocenters. The van der Waals surface area contributed by atoms with Gasteiger partial charge in [-0.15, -0.1) is 0 Å². The molecule has 2 fully saturated rings. The van der Waals surface area contributed by atoms with Gasteiger partial charge in [0, 0.05) is 19.0 Å². The molecule has 3 amide bonds. The first-order valence-electron chi connectivity index (χ1n) is 9.99. The van der Waals surface area contributed by atoms with Crippen LogP contribution in [0.15, 0.2) is 59.5 Å². The van der Waals surface area contributed by atoms with E-state index in [9.17, 15) is 27.6 Å². The second kappa shape index (κ2) is 8.82. The Labute approximate surface area is 186 Å². The van der Waals surface area contributed by atoms with Crippen LogP contribution in [0.4, 0.5) is 18.0 Å². The number of rotatable bonds is 6. The van der Waals surface area contributed by atoms with Crippen LogP contribution in [0.2, 0.25) is 0 Å². The van der Waals surface area contributed by atoms with Gasteiger partial charge < -0.3 is 5.32 Å². The molecule has 1 heterocycles. The van der Waals surface area contributed by atoms with Crippen molar-refractivity contribution in [3.05, 3.63) is 76.2 Å². The fraction of sp³-hybridized carbons (Fsp3) is 0.261. The number of halogens is 3. The number of carbonyl (C=O) groups excluding carboxylic acids is 3. The molecule has 0 aromatic heterocycles. The van der Waals surface area contributed by atoms with Gasteiger partial charge in [0.2, 0.25) is 5.91 Å². The van der Waals surface area contributed by atoms with Crippen LogP contribution in [-0.2, 0) is 15.8 Å². The first-order chi connectivity index (χ1) is 15.2. The van der Waals surface area contributed by atoms with E-state index in [-0.39, 0.29) is 36.1 Å². The van der Waals surface area contributed by atoms with Crippen molar-refractivity contribution < 1.29 is 27.6 Å². The summed E-state index contributed by atoms with van der Waals surface area (Å²) in [7, 11) is 0. The minimum Gasteiger partial charge on any atom is -0.354 e. The second-order valence-corrected chi connectivity index (χ2v) is 8.60. The number of alkyl halides is 3. The molecular formula is C23H19F3N2O3S. The van der Waals surface area contributed by atoms with Gasteiger partial charge in [0.15, 0.2) is 0 Å². The van der Waals surface area contributed by atoms with Gasteiger partial charge in [0.25, 0.3) is 11.1 Å². The Balaban J connectivity index is 1.27. The number of imide groups is 1. The molecule has 166 valence electrons. The SMILES string of the molecule is O=C(NCCN1C(=O)S/C(=C/c2ccccc2)C1=O)C1CC1c1ccc(C(F)(F)F)cc1. The molecule has 2 aromatic rings. The number of nitrogens with one attached hydrogen (secondary N) is 1. The van der Waals surface area contributed by atoms with Crippen molar-refractivity contribution in [3.8, 4) is 0 Å². The fourth-order valence-corrected chi connectivity index (χ4v) is 4.45. The van der Waals surface area contributed by atoms with Gasteiger partial charge >= 0.3 is 6.18 Å². The average Bonchev–Trinajstić information content (AvgIpc) is 3.52. The highest BCUT2D eigenvalue weighted by atomic mass is 32.2. The predicted molar refractivity (Wildman–Crippen MR) is 114 cm³/mol. The molecule has 2 aromatic carbocycles.